The zero-order chi connectivity index (χ0) is 31.8. The molecule has 3 heterocycles. The molecule has 16 heteroatoms. The lowest BCUT2D eigenvalue weighted by atomic mass is 9.89. The van der Waals surface area contributed by atoms with Gasteiger partial charge in [-0.15, -0.1) is 0 Å². The van der Waals surface area contributed by atoms with E-state index in [2.05, 4.69) is 16.9 Å². The number of hydrogen-bond donors (Lipinski definition) is 5. The molecule has 13 nitrogen and oxygen atoms in total. The second kappa shape index (κ2) is 12.8. The minimum Gasteiger partial charge on any atom is -0.483 e. The van der Waals surface area contributed by atoms with Gasteiger partial charge in [-0.2, -0.15) is 0 Å². The van der Waals surface area contributed by atoms with Crippen molar-refractivity contribution in [2.75, 3.05) is 18.9 Å². The molecular weight excluding hydrogens is 609 g/mol. The van der Waals surface area contributed by atoms with Crippen LogP contribution < -0.4 is 5.73 Å². The Kier molecular flexibility index (Phi) is 10.7. The van der Waals surface area contributed by atoms with Crippen molar-refractivity contribution < 1.29 is 47.0 Å². The third-order valence-corrected chi connectivity index (χ3v) is 10.5. The van der Waals surface area contributed by atoms with Gasteiger partial charge in [-0.05, 0) is 26.1 Å². The summed E-state index contributed by atoms with van der Waals surface area (Å²) in [6.45, 7) is 14.8. The van der Waals surface area contributed by atoms with E-state index in [-0.39, 0.29) is 28.1 Å². The normalized spacial score (nSPS) is 25.5. The fraction of sp³-hybridized carbons (Fsp3) is 0.615. The van der Waals surface area contributed by atoms with Crippen LogP contribution in [0.25, 0.3) is 11.1 Å². The van der Waals surface area contributed by atoms with Crippen molar-refractivity contribution in [2.24, 2.45) is 10.8 Å². The summed E-state index contributed by atoms with van der Waals surface area (Å²) in [6, 6.07) is 0. The molecule has 0 bridgehead atoms. The van der Waals surface area contributed by atoms with Crippen LogP contribution in [0.5, 0.6) is 0 Å². The summed E-state index contributed by atoms with van der Waals surface area (Å²) in [6.07, 6.45) is -0.191. The van der Waals surface area contributed by atoms with Gasteiger partial charge < -0.3 is 48.2 Å². The molecule has 1 aliphatic rings. The Balaban J connectivity index is 1.88. The lowest BCUT2D eigenvalue weighted by molar-refractivity contribution is -0.0643. The third-order valence-electron chi connectivity index (χ3n) is 6.57. The highest BCUT2D eigenvalue weighted by Gasteiger charge is 2.54. The Bertz CT molecular complexity index is 1360. The van der Waals surface area contributed by atoms with E-state index in [9.17, 15) is 23.9 Å². The summed E-state index contributed by atoms with van der Waals surface area (Å²) in [4.78, 5) is 8.05. The largest absolute Gasteiger partial charge is 0.483 e. The first-order chi connectivity index (χ1) is 19.2. The fourth-order valence-electron chi connectivity index (χ4n) is 4.15. The van der Waals surface area contributed by atoms with Crippen molar-refractivity contribution in [2.45, 2.75) is 78.2 Å². The number of anilines is 1. The summed E-state index contributed by atoms with van der Waals surface area (Å²) in [5.41, 5.74) is 3.45. The van der Waals surface area contributed by atoms with E-state index in [4.69, 9.17) is 41.1 Å². The molecule has 2 aromatic heterocycles. The van der Waals surface area contributed by atoms with E-state index in [0.717, 1.165) is 6.16 Å². The van der Waals surface area contributed by atoms with Crippen LogP contribution in [0.2, 0.25) is 0 Å². The van der Waals surface area contributed by atoms with Crippen molar-refractivity contribution in [3.63, 3.8) is 0 Å². The summed E-state index contributed by atoms with van der Waals surface area (Å²) in [7, 11) is -4.04. The molecule has 0 amide bonds. The third kappa shape index (κ3) is 7.40. The number of aliphatic hydroxyl groups is 2. The van der Waals surface area contributed by atoms with Crippen LogP contribution >= 0.6 is 30.6 Å². The van der Waals surface area contributed by atoms with E-state index in [0.29, 0.717) is 11.1 Å². The molecule has 0 aliphatic carbocycles. The second-order valence-corrected chi connectivity index (χ2v) is 16.0. The fourth-order valence-corrected chi connectivity index (χ4v) is 6.46. The topological polar surface area (TPSA) is 200 Å². The summed E-state index contributed by atoms with van der Waals surface area (Å²) < 4.78 is 63.2. The van der Waals surface area contributed by atoms with E-state index in [1.54, 1.807) is 20.8 Å². The van der Waals surface area contributed by atoms with Gasteiger partial charge >= 0.3 is 0 Å². The maximum atomic E-state index is 14.2. The van der Waals surface area contributed by atoms with Crippen LogP contribution in [0.1, 0.15) is 60.1 Å². The molecule has 236 valence electrons. The van der Waals surface area contributed by atoms with Crippen molar-refractivity contribution >= 4 is 57.7 Å². The zero-order valence-corrected chi connectivity index (χ0v) is 27.2. The quantitative estimate of drug-likeness (QED) is 0.184. The Labute approximate surface area is 253 Å². The second-order valence-electron chi connectivity index (χ2n) is 12.2. The number of nitrogen functional groups attached to an aromatic ring is 1. The molecule has 3 rings (SSSR count). The van der Waals surface area contributed by atoms with Gasteiger partial charge in [0.1, 0.15) is 47.4 Å². The van der Waals surface area contributed by atoms with E-state index in [1.165, 1.54) is 19.5 Å². The Morgan fingerprint density at radius 3 is 2.48 bits per heavy atom. The average Bonchev–Trinajstić information content (AvgIpc) is 3.40. The van der Waals surface area contributed by atoms with E-state index in [1.807, 2.05) is 20.8 Å². The van der Waals surface area contributed by atoms with Gasteiger partial charge in [-0.1, -0.05) is 41.5 Å². The number of nitrogens with two attached hydrogens (primary N) is 1. The Hall–Kier alpha value is -1.52. The zero-order valence-electron chi connectivity index (χ0n) is 24.6. The first-order valence-corrected chi connectivity index (χ1v) is 16.3. The minimum atomic E-state index is -4.04. The van der Waals surface area contributed by atoms with Crippen LogP contribution in [-0.4, -0.2) is 76.3 Å². The smallest absolute Gasteiger partial charge is 0.238 e. The van der Waals surface area contributed by atoms with Crippen LogP contribution in [0.4, 0.5) is 5.82 Å². The SMILES string of the molecule is [CH2][CH]P(=O)(OCC1OC(c2coc3c(N)ncnc23)C(C)(O)C1O)C(COC(=S)C(C)(C)C)OC(=S(O)O)C(C)(C)C. The number of ether oxygens (including phenoxy) is 3. The molecule has 6 unspecified atom stereocenters. The molecule has 0 spiro atoms. The highest BCUT2D eigenvalue weighted by atomic mass is 32.2. The van der Waals surface area contributed by atoms with Gasteiger partial charge in [-0.25, -0.2) is 9.97 Å². The predicted octanol–water partition coefficient (Wildman–Crippen LogP) is 4.77. The molecule has 6 N–H and O–H groups in total. The lowest BCUT2D eigenvalue weighted by Gasteiger charge is -2.32. The molecule has 1 aliphatic heterocycles. The Morgan fingerprint density at radius 2 is 1.93 bits per heavy atom. The summed E-state index contributed by atoms with van der Waals surface area (Å²) in [5.74, 6) is -1.30. The first kappa shape index (κ1) is 35.0. The number of aromatic nitrogens is 2. The summed E-state index contributed by atoms with van der Waals surface area (Å²) in [5, 5.41) is 22.3. The monoisotopic (exact) mass is 649 g/mol. The number of fused-ring (bicyclic) bond motifs is 1. The number of hydrogen-bond acceptors (Lipinski definition) is 14. The molecule has 6 atom stereocenters. The maximum absolute atomic E-state index is 14.2. The van der Waals surface area contributed by atoms with E-state index >= 15 is 0 Å². The molecule has 2 radical (unpaired) electrons. The molecular formula is C26H40N3O10PS2. The van der Waals surface area contributed by atoms with Gasteiger partial charge in [-0.3, -0.25) is 4.57 Å². The van der Waals surface area contributed by atoms with Crippen molar-refractivity contribution in [3.8, 4) is 0 Å². The maximum Gasteiger partial charge on any atom is 0.238 e. The first-order valence-electron chi connectivity index (χ1n) is 13.0. The summed E-state index contributed by atoms with van der Waals surface area (Å²) >= 11 is 3.05. The standard InChI is InChI=1S/C26H40N3O10PS2/c1-9-40(32,16(12-36-22(41)24(2,3)4)39-23(42(33)34)25(5,6)7)37-11-15-19(30)26(8,31)20(38-15)14-10-35-18-17(14)28-13-29-21(18)27/h9-10,13,15-16,19-20,30-31,33-34H,1,11-12H2,2-8H3,(H2,27,28,29). The Morgan fingerprint density at radius 1 is 1.29 bits per heavy atom. The van der Waals surface area contributed by atoms with Crippen LogP contribution in [0.15, 0.2) is 17.0 Å². The lowest BCUT2D eigenvalue weighted by Crippen LogP contribution is -2.43. The number of nitrogens with zero attached hydrogens (tertiary/aromatic N) is 2. The molecule has 2 aromatic rings. The molecule has 42 heavy (non-hydrogen) atoms. The van der Waals surface area contributed by atoms with Crippen molar-refractivity contribution in [1.82, 2.24) is 9.97 Å². The van der Waals surface area contributed by atoms with Gasteiger partial charge in [0.15, 0.2) is 22.3 Å². The highest BCUT2D eigenvalue weighted by molar-refractivity contribution is 8.05. The molecule has 0 saturated carbocycles. The van der Waals surface area contributed by atoms with Gasteiger partial charge in [0.2, 0.25) is 7.37 Å². The number of furan rings is 1. The van der Waals surface area contributed by atoms with Gasteiger partial charge in [0.25, 0.3) is 0 Å². The van der Waals surface area contributed by atoms with Gasteiger partial charge in [0.05, 0.1) is 30.1 Å². The molecule has 0 aromatic carbocycles. The predicted molar refractivity (Wildman–Crippen MR) is 164 cm³/mol. The number of thiocarbonyl (C=S) groups is 1. The van der Waals surface area contributed by atoms with E-state index < -0.39 is 65.6 Å². The number of rotatable bonds is 9. The van der Waals surface area contributed by atoms with Crippen LogP contribution in [-0.2, 0) is 23.3 Å². The molecule has 1 saturated heterocycles. The minimum absolute atomic E-state index is 0.0930. The van der Waals surface area contributed by atoms with Crippen molar-refractivity contribution in [3.05, 3.63) is 31.2 Å². The van der Waals surface area contributed by atoms with Crippen LogP contribution in [0.3, 0.4) is 0 Å². The molecule has 1 fully saturated rings. The van der Waals surface area contributed by atoms with Crippen molar-refractivity contribution in [1.29, 1.82) is 0 Å². The highest BCUT2D eigenvalue weighted by Crippen LogP contribution is 2.57. The van der Waals surface area contributed by atoms with Crippen LogP contribution in [0, 0.1) is 23.9 Å². The van der Waals surface area contributed by atoms with Gasteiger partial charge in [0, 0.05) is 16.4 Å². The average molecular weight is 650 g/mol. The number of aliphatic hydroxyl groups excluding tert-OH is 1.